The van der Waals surface area contributed by atoms with Crippen LogP contribution in [0.15, 0.2) is 54.3 Å². The fraction of sp³-hybridized carbons (Fsp3) is 0.263. The van der Waals surface area contributed by atoms with Gasteiger partial charge in [-0.3, -0.25) is 4.79 Å². The Labute approximate surface area is 156 Å². The number of hydrogen-bond donors (Lipinski definition) is 1. The molecule has 4 rings (SSSR count). The topological polar surface area (TPSA) is 53.4 Å². The summed E-state index contributed by atoms with van der Waals surface area (Å²) in [5.74, 6) is 0.845. The maximum absolute atomic E-state index is 12.7. The second-order valence-electron chi connectivity index (χ2n) is 6.37. The number of piperazine rings is 1. The van der Waals surface area contributed by atoms with Gasteiger partial charge in [-0.05, 0) is 42.8 Å². The van der Waals surface area contributed by atoms with E-state index in [4.69, 9.17) is 0 Å². The zero-order valence-corrected chi connectivity index (χ0v) is 15.4. The number of carbonyl (C=O) groups excluding carboxylic acids is 1. The standard InChI is InChI=1S/C19H21N5OS/c1-22-9-11-24(12-10-22)17-5-4-15(14-20-17)21-19(25)18-16(6-13-26-18)23-7-2-3-8-23/h2-8,13-14H,9-12H2,1H3,(H,21,25). The average molecular weight is 367 g/mol. The highest BCUT2D eigenvalue weighted by atomic mass is 32.1. The molecule has 134 valence electrons. The zero-order valence-electron chi connectivity index (χ0n) is 14.6. The third kappa shape index (κ3) is 3.49. The fourth-order valence-corrected chi connectivity index (χ4v) is 3.83. The predicted molar refractivity (Wildman–Crippen MR) is 106 cm³/mol. The molecule has 0 saturated carbocycles. The van der Waals surface area contributed by atoms with Crippen LogP contribution in [0.4, 0.5) is 11.5 Å². The number of nitrogens with one attached hydrogen (secondary N) is 1. The summed E-state index contributed by atoms with van der Waals surface area (Å²) in [4.78, 5) is 22.5. The Morgan fingerprint density at radius 1 is 1.12 bits per heavy atom. The number of thiophene rings is 1. The van der Waals surface area contributed by atoms with Crippen LogP contribution < -0.4 is 10.2 Å². The van der Waals surface area contributed by atoms with Crippen LogP contribution in [-0.4, -0.2) is 53.6 Å². The number of hydrogen-bond acceptors (Lipinski definition) is 5. The van der Waals surface area contributed by atoms with E-state index < -0.39 is 0 Å². The van der Waals surface area contributed by atoms with Gasteiger partial charge in [-0.15, -0.1) is 11.3 Å². The minimum absolute atomic E-state index is 0.113. The molecule has 1 fully saturated rings. The van der Waals surface area contributed by atoms with E-state index in [9.17, 15) is 4.79 Å². The maximum atomic E-state index is 12.7. The molecule has 1 amide bonds. The molecule has 1 N–H and O–H groups in total. The molecular formula is C19H21N5OS. The van der Waals surface area contributed by atoms with Gasteiger partial charge < -0.3 is 19.7 Å². The van der Waals surface area contributed by atoms with E-state index in [0.29, 0.717) is 10.6 Å². The van der Waals surface area contributed by atoms with Crippen LogP contribution in [0.5, 0.6) is 0 Å². The summed E-state index contributed by atoms with van der Waals surface area (Å²) >= 11 is 1.44. The van der Waals surface area contributed by atoms with Gasteiger partial charge in [0.1, 0.15) is 10.7 Å². The lowest BCUT2D eigenvalue weighted by molar-refractivity contribution is 0.103. The molecule has 0 atom stereocenters. The molecule has 3 aromatic heterocycles. The van der Waals surface area contributed by atoms with Crippen LogP contribution in [0.25, 0.3) is 5.69 Å². The van der Waals surface area contributed by atoms with Gasteiger partial charge >= 0.3 is 0 Å². The highest BCUT2D eigenvalue weighted by Gasteiger charge is 2.17. The van der Waals surface area contributed by atoms with Crippen molar-refractivity contribution in [1.29, 1.82) is 0 Å². The van der Waals surface area contributed by atoms with Crippen molar-refractivity contribution in [3.05, 3.63) is 59.2 Å². The number of carbonyl (C=O) groups is 1. The third-order valence-corrected chi connectivity index (χ3v) is 5.47. The fourth-order valence-electron chi connectivity index (χ4n) is 3.04. The van der Waals surface area contributed by atoms with Crippen LogP contribution in [-0.2, 0) is 0 Å². The third-order valence-electron chi connectivity index (χ3n) is 4.57. The normalized spacial score (nSPS) is 15.2. The minimum Gasteiger partial charge on any atom is -0.354 e. The van der Waals surface area contributed by atoms with Gasteiger partial charge in [0.2, 0.25) is 0 Å². The van der Waals surface area contributed by atoms with Crippen LogP contribution in [0, 0.1) is 0 Å². The molecule has 0 spiro atoms. The molecule has 3 aromatic rings. The highest BCUT2D eigenvalue weighted by molar-refractivity contribution is 7.12. The quantitative estimate of drug-likeness (QED) is 0.770. The average Bonchev–Trinajstić information content (AvgIpc) is 3.34. The Morgan fingerprint density at radius 3 is 2.58 bits per heavy atom. The van der Waals surface area contributed by atoms with E-state index in [0.717, 1.165) is 37.7 Å². The van der Waals surface area contributed by atoms with Crippen molar-refractivity contribution in [2.24, 2.45) is 0 Å². The van der Waals surface area contributed by atoms with Crippen molar-refractivity contribution in [3.63, 3.8) is 0 Å². The molecule has 1 saturated heterocycles. The van der Waals surface area contributed by atoms with Crippen LogP contribution in [0.1, 0.15) is 9.67 Å². The number of anilines is 2. The van der Waals surface area contributed by atoms with Gasteiger partial charge in [0.25, 0.3) is 5.91 Å². The second-order valence-corrected chi connectivity index (χ2v) is 7.29. The smallest absolute Gasteiger partial charge is 0.267 e. The van der Waals surface area contributed by atoms with Crippen molar-refractivity contribution in [2.75, 3.05) is 43.4 Å². The van der Waals surface area contributed by atoms with Gasteiger partial charge in [-0.25, -0.2) is 4.98 Å². The second kappa shape index (κ2) is 7.31. The molecule has 26 heavy (non-hydrogen) atoms. The molecule has 1 aliphatic rings. The van der Waals surface area contributed by atoms with E-state index in [1.807, 2.05) is 52.7 Å². The van der Waals surface area contributed by atoms with Gasteiger partial charge in [-0.2, -0.15) is 0 Å². The van der Waals surface area contributed by atoms with Crippen molar-refractivity contribution in [1.82, 2.24) is 14.5 Å². The van der Waals surface area contributed by atoms with Crippen LogP contribution in [0.2, 0.25) is 0 Å². The highest BCUT2D eigenvalue weighted by Crippen LogP contribution is 2.23. The Hall–Kier alpha value is -2.64. The SMILES string of the molecule is CN1CCN(c2ccc(NC(=O)c3sccc3-n3cccc3)cn2)CC1. The monoisotopic (exact) mass is 367 g/mol. The van der Waals surface area contributed by atoms with E-state index in [1.165, 1.54) is 11.3 Å². The molecule has 7 heteroatoms. The largest absolute Gasteiger partial charge is 0.354 e. The minimum atomic E-state index is -0.113. The van der Waals surface area contributed by atoms with Crippen molar-refractivity contribution in [3.8, 4) is 5.69 Å². The molecule has 0 aliphatic carbocycles. The Morgan fingerprint density at radius 2 is 1.88 bits per heavy atom. The molecule has 1 aliphatic heterocycles. The summed E-state index contributed by atoms with van der Waals surface area (Å²) in [5.41, 5.74) is 1.60. The lowest BCUT2D eigenvalue weighted by Gasteiger charge is -2.33. The van der Waals surface area contributed by atoms with Crippen LogP contribution in [0.3, 0.4) is 0 Å². The Balaban J connectivity index is 1.45. The van der Waals surface area contributed by atoms with E-state index >= 15 is 0 Å². The summed E-state index contributed by atoms with van der Waals surface area (Å²) in [6, 6.07) is 9.73. The lowest BCUT2D eigenvalue weighted by Crippen LogP contribution is -2.44. The first-order chi connectivity index (χ1) is 12.7. The van der Waals surface area contributed by atoms with Crippen molar-refractivity contribution < 1.29 is 4.79 Å². The molecule has 0 aromatic carbocycles. The van der Waals surface area contributed by atoms with Gasteiger partial charge in [0, 0.05) is 38.6 Å². The van der Waals surface area contributed by atoms with E-state index in [-0.39, 0.29) is 5.91 Å². The van der Waals surface area contributed by atoms with Gasteiger partial charge in [-0.1, -0.05) is 0 Å². The molecule has 4 heterocycles. The van der Waals surface area contributed by atoms with Gasteiger partial charge in [0.05, 0.1) is 17.6 Å². The summed E-state index contributed by atoms with van der Waals surface area (Å²) < 4.78 is 1.94. The number of rotatable bonds is 4. The number of nitrogens with zero attached hydrogens (tertiary/aromatic N) is 4. The summed E-state index contributed by atoms with van der Waals surface area (Å²) in [6.07, 6.45) is 5.60. The van der Waals surface area contributed by atoms with Crippen LogP contribution >= 0.6 is 11.3 Å². The van der Waals surface area contributed by atoms with E-state index in [2.05, 4.69) is 27.1 Å². The zero-order chi connectivity index (χ0) is 17.9. The first-order valence-corrected chi connectivity index (χ1v) is 9.50. The lowest BCUT2D eigenvalue weighted by atomic mass is 10.3. The number of aromatic nitrogens is 2. The molecule has 6 nitrogen and oxygen atoms in total. The predicted octanol–water partition coefficient (Wildman–Crippen LogP) is 2.94. The molecule has 0 unspecified atom stereocenters. The Bertz CT molecular complexity index is 864. The molecule has 0 bridgehead atoms. The summed E-state index contributed by atoms with van der Waals surface area (Å²) in [6.45, 7) is 4.04. The molecule has 0 radical (unpaired) electrons. The van der Waals surface area contributed by atoms with E-state index in [1.54, 1.807) is 6.20 Å². The first kappa shape index (κ1) is 16.8. The summed E-state index contributed by atoms with van der Waals surface area (Å²) in [7, 11) is 2.13. The van der Waals surface area contributed by atoms with Crippen molar-refractivity contribution >= 4 is 28.7 Å². The maximum Gasteiger partial charge on any atom is 0.267 e. The summed E-state index contributed by atoms with van der Waals surface area (Å²) in [5, 5.41) is 4.88. The first-order valence-electron chi connectivity index (χ1n) is 8.62. The number of pyridine rings is 1. The van der Waals surface area contributed by atoms with Crippen molar-refractivity contribution in [2.45, 2.75) is 0 Å². The molecular weight excluding hydrogens is 346 g/mol. The van der Waals surface area contributed by atoms with Gasteiger partial charge in [0.15, 0.2) is 0 Å². The Kier molecular flexibility index (Phi) is 4.73. The number of likely N-dealkylation sites (N-methyl/N-ethyl adjacent to an activating group) is 1. The number of amides is 1.